The Morgan fingerprint density at radius 2 is 2.26 bits per heavy atom. The van der Waals surface area contributed by atoms with Crippen LogP contribution in [0.25, 0.3) is 0 Å². The van der Waals surface area contributed by atoms with Crippen LogP contribution in [0.1, 0.15) is 33.1 Å². The highest BCUT2D eigenvalue weighted by atomic mass is 16.6. The van der Waals surface area contributed by atoms with Gasteiger partial charge in [-0.1, -0.05) is 18.6 Å². The molecule has 2 aliphatic heterocycles. The molecule has 4 heteroatoms. The lowest BCUT2D eigenvalue weighted by molar-refractivity contribution is -0.203. The number of carbonyl (C=O) groups excluding carboxylic acids is 1. The SMILES string of the molecule is CC1=C[C@H]2O[C@@H]3C[C@@H](O)[C@@](C)(C34CO4)[C@@]2(C=O)CC1. The number of aliphatic hydroxyl groups is 1. The Balaban J connectivity index is 1.92. The number of fused-ring (bicyclic) bond motifs is 2. The van der Waals surface area contributed by atoms with Gasteiger partial charge in [-0.15, -0.1) is 0 Å². The molecule has 2 heterocycles. The second-order valence-corrected chi connectivity index (χ2v) is 6.85. The minimum atomic E-state index is -0.643. The molecule has 4 aliphatic rings. The molecule has 1 unspecified atom stereocenters. The number of hydrogen-bond donors (Lipinski definition) is 1. The number of aliphatic hydroxyl groups excluding tert-OH is 1. The van der Waals surface area contributed by atoms with Gasteiger partial charge in [-0.3, -0.25) is 0 Å². The van der Waals surface area contributed by atoms with Crippen LogP contribution < -0.4 is 0 Å². The molecule has 4 nitrogen and oxygen atoms in total. The van der Waals surface area contributed by atoms with E-state index in [2.05, 4.69) is 13.0 Å². The molecule has 0 radical (unpaired) electrons. The van der Waals surface area contributed by atoms with Crippen LogP contribution >= 0.6 is 0 Å². The fourth-order valence-electron chi connectivity index (χ4n) is 4.86. The molecule has 104 valence electrons. The van der Waals surface area contributed by atoms with E-state index < -0.39 is 22.5 Å². The summed E-state index contributed by atoms with van der Waals surface area (Å²) in [6, 6.07) is 0. The van der Waals surface area contributed by atoms with Crippen LogP contribution in [0.5, 0.6) is 0 Å². The van der Waals surface area contributed by atoms with Crippen LogP contribution in [-0.4, -0.2) is 41.9 Å². The number of carbonyl (C=O) groups is 1. The standard InChI is InChI=1S/C15H20O4/c1-9-3-4-14(7-16)11(5-9)19-12-6-10(17)13(14,2)15(12)8-18-15/h5,7,10-12,17H,3-4,6,8H2,1-2H3/t10-,11-,12-,13-,14-,15?/m1/s1. The summed E-state index contributed by atoms with van der Waals surface area (Å²) >= 11 is 0. The molecule has 3 fully saturated rings. The highest BCUT2D eigenvalue weighted by Crippen LogP contribution is 2.70. The third kappa shape index (κ3) is 1.08. The van der Waals surface area contributed by atoms with Crippen molar-refractivity contribution in [3.8, 4) is 0 Å². The van der Waals surface area contributed by atoms with E-state index in [0.29, 0.717) is 13.0 Å². The Hall–Kier alpha value is -0.710. The molecule has 4 rings (SSSR count). The van der Waals surface area contributed by atoms with Crippen molar-refractivity contribution in [2.75, 3.05) is 6.61 Å². The third-order valence-electron chi connectivity index (χ3n) is 6.32. The van der Waals surface area contributed by atoms with E-state index in [1.807, 2.05) is 6.92 Å². The van der Waals surface area contributed by atoms with Gasteiger partial charge < -0.3 is 19.4 Å². The summed E-state index contributed by atoms with van der Waals surface area (Å²) in [5, 5.41) is 10.6. The Morgan fingerprint density at radius 1 is 1.53 bits per heavy atom. The largest absolute Gasteiger partial charge is 0.392 e. The topological polar surface area (TPSA) is 59.1 Å². The summed E-state index contributed by atoms with van der Waals surface area (Å²) in [7, 11) is 0. The quantitative estimate of drug-likeness (QED) is 0.439. The molecule has 0 amide bonds. The molecule has 1 saturated carbocycles. The number of aldehydes is 1. The van der Waals surface area contributed by atoms with Crippen molar-refractivity contribution in [2.24, 2.45) is 10.8 Å². The summed E-state index contributed by atoms with van der Waals surface area (Å²) < 4.78 is 11.9. The second-order valence-electron chi connectivity index (χ2n) is 6.85. The van der Waals surface area contributed by atoms with E-state index in [-0.39, 0.29) is 12.2 Å². The molecule has 19 heavy (non-hydrogen) atoms. The smallest absolute Gasteiger partial charge is 0.129 e. The van der Waals surface area contributed by atoms with Gasteiger partial charge in [0.05, 0.1) is 30.3 Å². The van der Waals surface area contributed by atoms with Crippen LogP contribution in [0.2, 0.25) is 0 Å². The minimum absolute atomic E-state index is 0.0762. The highest BCUT2D eigenvalue weighted by molar-refractivity contribution is 5.66. The normalized spacial score (nSPS) is 58.7. The van der Waals surface area contributed by atoms with Gasteiger partial charge in [0.25, 0.3) is 0 Å². The zero-order chi connectivity index (χ0) is 13.5. The van der Waals surface area contributed by atoms with E-state index >= 15 is 0 Å². The highest BCUT2D eigenvalue weighted by Gasteiger charge is 2.81. The van der Waals surface area contributed by atoms with Crippen molar-refractivity contribution in [1.82, 2.24) is 0 Å². The summed E-state index contributed by atoms with van der Waals surface area (Å²) in [5.41, 5.74) is -0.321. The minimum Gasteiger partial charge on any atom is -0.392 e. The van der Waals surface area contributed by atoms with Gasteiger partial charge in [0, 0.05) is 11.8 Å². The van der Waals surface area contributed by atoms with E-state index in [1.54, 1.807) is 0 Å². The Bertz CT molecular complexity index is 481. The first-order chi connectivity index (χ1) is 9.00. The average Bonchev–Trinajstić information content (AvgIpc) is 3.15. The van der Waals surface area contributed by atoms with E-state index in [4.69, 9.17) is 9.47 Å². The molecule has 0 aromatic rings. The molecular weight excluding hydrogens is 244 g/mol. The molecule has 0 aromatic heterocycles. The van der Waals surface area contributed by atoms with Gasteiger partial charge in [0.1, 0.15) is 11.9 Å². The fourth-order valence-corrected chi connectivity index (χ4v) is 4.86. The van der Waals surface area contributed by atoms with E-state index in [0.717, 1.165) is 19.1 Å². The maximum atomic E-state index is 12.0. The Labute approximate surface area is 112 Å². The lowest BCUT2D eigenvalue weighted by atomic mass is 9.52. The molecule has 1 spiro atoms. The summed E-state index contributed by atoms with van der Waals surface area (Å²) in [5.74, 6) is 0. The monoisotopic (exact) mass is 264 g/mol. The third-order valence-corrected chi connectivity index (χ3v) is 6.32. The second kappa shape index (κ2) is 3.30. The lowest BCUT2D eigenvalue weighted by Gasteiger charge is -2.55. The lowest BCUT2D eigenvalue weighted by Crippen LogP contribution is -2.65. The first-order valence-electron chi connectivity index (χ1n) is 7.11. The molecule has 2 bridgehead atoms. The molecular formula is C15H20O4. The van der Waals surface area contributed by atoms with Crippen LogP contribution in [0.3, 0.4) is 0 Å². The van der Waals surface area contributed by atoms with Crippen LogP contribution in [0.15, 0.2) is 11.6 Å². The van der Waals surface area contributed by atoms with E-state index in [9.17, 15) is 9.90 Å². The van der Waals surface area contributed by atoms with Crippen molar-refractivity contribution in [1.29, 1.82) is 0 Å². The van der Waals surface area contributed by atoms with Gasteiger partial charge in [-0.05, 0) is 19.8 Å². The van der Waals surface area contributed by atoms with Gasteiger partial charge in [0.2, 0.25) is 0 Å². The molecule has 0 aromatic carbocycles. The van der Waals surface area contributed by atoms with Crippen molar-refractivity contribution in [2.45, 2.75) is 57.0 Å². The number of ether oxygens (including phenoxy) is 2. The van der Waals surface area contributed by atoms with Crippen molar-refractivity contribution in [3.63, 3.8) is 0 Å². The van der Waals surface area contributed by atoms with Gasteiger partial charge >= 0.3 is 0 Å². The van der Waals surface area contributed by atoms with Crippen molar-refractivity contribution < 1.29 is 19.4 Å². The predicted octanol–water partition coefficient (Wildman–Crippen LogP) is 1.22. The molecule has 2 saturated heterocycles. The average molecular weight is 264 g/mol. The zero-order valence-corrected chi connectivity index (χ0v) is 11.4. The van der Waals surface area contributed by atoms with Crippen LogP contribution in [0.4, 0.5) is 0 Å². The molecule has 2 aliphatic carbocycles. The Kier molecular flexibility index (Phi) is 2.09. The molecule has 6 atom stereocenters. The number of epoxide rings is 1. The molecule has 1 N–H and O–H groups in total. The van der Waals surface area contributed by atoms with Crippen molar-refractivity contribution >= 4 is 6.29 Å². The van der Waals surface area contributed by atoms with Gasteiger partial charge in [-0.25, -0.2) is 0 Å². The van der Waals surface area contributed by atoms with Crippen molar-refractivity contribution in [3.05, 3.63) is 11.6 Å². The number of allylic oxidation sites excluding steroid dienone is 1. The number of rotatable bonds is 1. The maximum absolute atomic E-state index is 12.0. The van der Waals surface area contributed by atoms with E-state index in [1.165, 1.54) is 5.57 Å². The predicted molar refractivity (Wildman–Crippen MR) is 67.6 cm³/mol. The van der Waals surface area contributed by atoms with Gasteiger partial charge in [-0.2, -0.15) is 0 Å². The summed E-state index contributed by atoms with van der Waals surface area (Å²) in [6.45, 7) is 4.72. The first kappa shape index (κ1) is 12.1. The van der Waals surface area contributed by atoms with Crippen LogP contribution in [0, 0.1) is 10.8 Å². The zero-order valence-electron chi connectivity index (χ0n) is 11.4. The first-order valence-corrected chi connectivity index (χ1v) is 7.11. The maximum Gasteiger partial charge on any atom is 0.129 e. The summed E-state index contributed by atoms with van der Waals surface area (Å²) in [4.78, 5) is 12.0. The van der Waals surface area contributed by atoms with Gasteiger partial charge in [0.15, 0.2) is 0 Å². The Morgan fingerprint density at radius 3 is 2.89 bits per heavy atom. The fraction of sp³-hybridized carbons (Fsp3) is 0.800. The summed E-state index contributed by atoms with van der Waals surface area (Å²) in [6.07, 6.45) is 4.52. The number of hydrogen-bond acceptors (Lipinski definition) is 4. The van der Waals surface area contributed by atoms with Crippen LogP contribution in [-0.2, 0) is 14.3 Å².